The largest absolute Gasteiger partial charge is 0.350 e. The molecule has 1 fully saturated rings. The van der Waals surface area contributed by atoms with Crippen LogP contribution in [0.15, 0.2) is 40.6 Å². The Morgan fingerprint density at radius 3 is 2.57 bits per heavy atom. The van der Waals surface area contributed by atoms with Crippen molar-refractivity contribution in [2.24, 2.45) is 0 Å². The van der Waals surface area contributed by atoms with E-state index in [9.17, 15) is 13.2 Å². The van der Waals surface area contributed by atoms with Crippen molar-refractivity contribution in [3.05, 3.63) is 50.6 Å². The van der Waals surface area contributed by atoms with Crippen molar-refractivity contribution in [2.45, 2.75) is 24.4 Å². The summed E-state index contributed by atoms with van der Waals surface area (Å²) in [6.07, 6.45) is 0. The van der Waals surface area contributed by atoms with Crippen LogP contribution in [0.2, 0.25) is 10.0 Å². The molecule has 3 rings (SSSR count). The summed E-state index contributed by atoms with van der Waals surface area (Å²) in [6, 6.07) is 7.98. The van der Waals surface area contributed by atoms with Crippen LogP contribution in [0.1, 0.15) is 11.8 Å². The minimum Gasteiger partial charge on any atom is -0.350 e. The number of benzene rings is 1. The lowest BCUT2D eigenvalue weighted by Crippen LogP contribution is -2.54. The molecule has 6 nitrogen and oxygen atoms in total. The number of hydrogen-bond donors (Lipinski definition) is 1. The van der Waals surface area contributed by atoms with E-state index in [4.69, 9.17) is 23.2 Å². The first kappa shape index (κ1) is 21.5. The molecule has 1 saturated heterocycles. The SMILES string of the molecule is C[C@@H](C(=O)NCc1cccs1)N1CCN(S(=O)(=O)c2cc(Cl)ccc2Cl)CC1. The van der Waals surface area contributed by atoms with Crippen LogP contribution in [0, 0.1) is 0 Å². The average molecular weight is 462 g/mol. The van der Waals surface area contributed by atoms with Crippen molar-refractivity contribution in [3.63, 3.8) is 0 Å². The van der Waals surface area contributed by atoms with Crippen LogP contribution in [0.5, 0.6) is 0 Å². The lowest BCUT2D eigenvalue weighted by molar-refractivity contribution is -0.126. The molecule has 1 aromatic carbocycles. The lowest BCUT2D eigenvalue weighted by Gasteiger charge is -2.36. The number of carbonyl (C=O) groups is 1. The molecule has 10 heteroatoms. The van der Waals surface area contributed by atoms with Crippen LogP contribution >= 0.6 is 34.5 Å². The summed E-state index contributed by atoms with van der Waals surface area (Å²) in [5.74, 6) is -0.0670. The van der Waals surface area contributed by atoms with Crippen LogP contribution in [0.3, 0.4) is 0 Å². The van der Waals surface area contributed by atoms with E-state index in [-0.39, 0.29) is 35.0 Å². The molecule has 0 bridgehead atoms. The first-order valence-corrected chi connectivity index (χ1v) is 11.9. The summed E-state index contributed by atoms with van der Waals surface area (Å²) in [4.78, 5) is 15.5. The van der Waals surface area contributed by atoms with Gasteiger partial charge in [0.15, 0.2) is 0 Å². The molecular weight excluding hydrogens is 441 g/mol. The predicted molar refractivity (Wildman–Crippen MR) is 112 cm³/mol. The third-order valence-electron chi connectivity index (χ3n) is 4.73. The average Bonchev–Trinajstić information content (AvgIpc) is 3.21. The number of hydrogen-bond acceptors (Lipinski definition) is 5. The van der Waals surface area contributed by atoms with Gasteiger partial charge in [0.2, 0.25) is 15.9 Å². The Balaban J connectivity index is 1.58. The Labute approximate surface area is 179 Å². The van der Waals surface area contributed by atoms with E-state index in [1.54, 1.807) is 17.4 Å². The Bertz CT molecular complexity index is 928. The van der Waals surface area contributed by atoms with E-state index < -0.39 is 10.0 Å². The van der Waals surface area contributed by atoms with Gasteiger partial charge in [0.1, 0.15) is 4.90 Å². The second-order valence-electron chi connectivity index (χ2n) is 6.49. The molecule has 1 aliphatic rings. The van der Waals surface area contributed by atoms with Crippen molar-refractivity contribution < 1.29 is 13.2 Å². The minimum atomic E-state index is -3.73. The molecule has 1 aromatic heterocycles. The van der Waals surface area contributed by atoms with Crippen molar-refractivity contribution >= 4 is 50.5 Å². The van der Waals surface area contributed by atoms with Crippen molar-refractivity contribution in [3.8, 4) is 0 Å². The van der Waals surface area contributed by atoms with Gasteiger partial charge in [-0.25, -0.2) is 8.42 Å². The van der Waals surface area contributed by atoms with E-state index >= 15 is 0 Å². The second-order valence-corrected chi connectivity index (χ2v) is 10.3. The first-order chi connectivity index (χ1) is 13.3. The van der Waals surface area contributed by atoms with Crippen LogP contribution in [0.25, 0.3) is 0 Å². The molecule has 1 amide bonds. The quantitative estimate of drug-likeness (QED) is 0.717. The lowest BCUT2D eigenvalue weighted by atomic mass is 10.2. The van der Waals surface area contributed by atoms with Crippen molar-refractivity contribution in [2.75, 3.05) is 26.2 Å². The maximum atomic E-state index is 12.9. The third-order valence-corrected chi connectivity index (χ3v) is 8.22. The van der Waals surface area contributed by atoms with Crippen molar-refractivity contribution in [1.82, 2.24) is 14.5 Å². The number of thiophene rings is 1. The Kier molecular flexibility index (Phi) is 7.01. The fourth-order valence-corrected chi connectivity index (χ4v) is 5.85. The van der Waals surface area contributed by atoms with Gasteiger partial charge >= 0.3 is 0 Å². The molecule has 0 unspecified atom stereocenters. The topological polar surface area (TPSA) is 69.7 Å². The highest BCUT2D eigenvalue weighted by molar-refractivity contribution is 7.89. The highest BCUT2D eigenvalue weighted by atomic mass is 35.5. The molecule has 1 aliphatic heterocycles. The monoisotopic (exact) mass is 461 g/mol. The van der Waals surface area contributed by atoms with E-state index in [0.29, 0.717) is 24.7 Å². The van der Waals surface area contributed by atoms with Gasteiger partial charge in [0.25, 0.3) is 0 Å². The molecule has 28 heavy (non-hydrogen) atoms. The first-order valence-electron chi connectivity index (χ1n) is 8.78. The molecule has 0 aliphatic carbocycles. The predicted octanol–water partition coefficient (Wildman–Crippen LogP) is 3.07. The summed E-state index contributed by atoms with van der Waals surface area (Å²) >= 11 is 13.6. The summed E-state index contributed by atoms with van der Waals surface area (Å²) in [5.41, 5.74) is 0. The molecule has 1 N–H and O–H groups in total. The number of piperazine rings is 1. The van der Waals surface area contributed by atoms with Crippen LogP contribution in [-0.4, -0.2) is 55.8 Å². The van der Waals surface area contributed by atoms with Gasteiger partial charge < -0.3 is 5.32 Å². The zero-order valence-electron chi connectivity index (χ0n) is 15.3. The van der Waals surface area contributed by atoms with Gasteiger partial charge in [-0.05, 0) is 36.6 Å². The number of amides is 1. The highest BCUT2D eigenvalue weighted by Crippen LogP contribution is 2.28. The molecule has 0 saturated carbocycles. The molecule has 1 atom stereocenters. The van der Waals surface area contributed by atoms with E-state index in [1.807, 2.05) is 29.3 Å². The van der Waals surface area contributed by atoms with Gasteiger partial charge in [-0.2, -0.15) is 4.31 Å². The van der Waals surface area contributed by atoms with Crippen LogP contribution in [0.4, 0.5) is 0 Å². The summed E-state index contributed by atoms with van der Waals surface area (Å²) < 4.78 is 27.2. The smallest absolute Gasteiger partial charge is 0.244 e. The van der Waals surface area contributed by atoms with Gasteiger partial charge in [0, 0.05) is 36.1 Å². The fourth-order valence-electron chi connectivity index (χ4n) is 3.05. The fraction of sp³-hybridized carbons (Fsp3) is 0.389. The van der Waals surface area contributed by atoms with Gasteiger partial charge in [-0.3, -0.25) is 9.69 Å². The Hall–Kier alpha value is -1.16. The highest BCUT2D eigenvalue weighted by Gasteiger charge is 2.33. The van der Waals surface area contributed by atoms with Gasteiger partial charge in [0.05, 0.1) is 17.6 Å². The summed E-state index contributed by atoms with van der Waals surface area (Å²) in [6.45, 7) is 3.83. The van der Waals surface area contributed by atoms with E-state index in [2.05, 4.69) is 5.32 Å². The minimum absolute atomic E-state index is 0.0110. The standard InChI is InChI=1S/C18H21Cl2N3O3S2/c1-13(18(24)21-12-15-3-2-10-27-15)22-6-8-23(9-7-22)28(25,26)17-11-14(19)4-5-16(17)20/h2-5,10-11,13H,6-9,12H2,1H3,(H,21,24)/t13-/m0/s1. The molecular formula is C18H21Cl2N3O3S2. The van der Waals surface area contributed by atoms with Crippen molar-refractivity contribution in [1.29, 1.82) is 0 Å². The number of nitrogens with one attached hydrogen (secondary N) is 1. The maximum absolute atomic E-state index is 12.9. The number of rotatable bonds is 6. The Morgan fingerprint density at radius 1 is 1.21 bits per heavy atom. The number of sulfonamides is 1. The molecule has 2 heterocycles. The van der Waals surface area contributed by atoms with Crippen LogP contribution in [-0.2, 0) is 21.4 Å². The number of halogens is 2. The number of nitrogens with zero attached hydrogens (tertiary/aromatic N) is 2. The van der Waals surface area contributed by atoms with Crippen LogP contribution < -0.4 is 5.32 Å². The zero-order valence-corrected chi connectivity index (χ0v) is 18.4. The normalized spacial score (nSPS) is 17.4. The van der Waals surface area contributed by atoms with Gasteiger partial charge in [-0.15, -0.1) is 11.3 Å². The maximum Gasteiger partial charge on any atom is 0.244 e. The second kappa shape index (κ2) is 9.11. The van der Waals surface area contributed by atoms with E-state index in [1.165, 1.54) is 16.4 Å². The third kappa shape index (κ3) is 4.87. The molecule has 2 aromatic rings. The van der Waals surface area contributed by atoms with E-state index in [0.717, 1.165) is 4.88 Å². The zero-order chi connectivity index (χ0) is 20.3. The molecule has 152 valence electrons. The summed E-state index contributed by atoms with van der Waals surface area (Å²) in [7, 11) is -3.73. The number of carbonyl (C=O) groups excluding carboxylic acids is 1. The molecule has 0 radical (unpaired) electrons. The van der Waals surface area contributed by atoms with Gasteiger partial charge in [-0.1, -0.05) is 29.3 Å². The molecule has 0 spiro atoms. The summed E-state index contributed by atoms with van der Waals surface area (Å²) in [5, 5.41) is 5.36. The Morgan fingerprint density at radius 2 is 1.93 bits per heavy atom.